The predicted octanol–water partition coefficient (Wildman–Crippen LogP) is 1.98. The largest absolute Gasteiger partial charge is 0.501 e. The molecular formula is C13H28O6SSi. The predicted molar refractivity (Wildman–Crippen MR) is 82.8 cm³/mol. The van der Waals surface area contributed by atoms with Gasteiger partial charge in [0, 0.05) is 32.5 Å². The standard InChI is InChI=1S/C13H28O6SSi/c1-4-17-21(18-5-2,19-6-3)12-8-10-16-13-9-7-11-20(13,14)15/h13H,4-12H2,1-3H3. The Kier molecular flexibility index (Phi) is 8.36. The normalized spacial score (nSPS) is 21.8. The van der Waals surface area contributed by atoms with Crippen LogP contribution in [0, 0.1) is 0 Å². The van der Waals surface area contributed by atoms with Crippen molar-refractivity contribution in [3.8, 4) is 0 Å². The Labute approximate surface area is 129 Å². The lowest BCUT2D eigenvalue weighted by molar-refractivity contribution is 0.0631. The molecule has 21 heavy (non-hydrogen) atoms. The highest BCUT2D eigenvalue weighted by atomic mass is 32.2. The Morgan fingerprint density at radius 1 is 1.05 bits per heavy atom. The summed E-state index contributed by atoms with van der Waals surface area (Å²) in [6.07, 6.45) is 1.98. The minimum Gasteiger partial charge on any atom is -0.374 e. The first kappa shape index (κ1) is 19.1. The zero-order valence-electron chi connectivity index (χ0n) is 13.3. The van der Waals surface area contributed by atoms with Gasteiger partial charge in [-0.3, -0.25) is 0 Å². The minimum atomic E-state index is -3.04. The molecular weight excluding hydrogens is 312 g/mol. The van der Waals surface area contributed by atoms with Crippen molar-refractivity contribution in [2.45, 2.75) is 51.5 Å². The molecule has 1 heterocycles. The van der Waals surface area contributed by atoms with E-state index in [1.807, 2.05) is 20.8 Å². The maximum atomic E-state index is 11.7. The van der Waals surface area contributed by atoms with E-state index in [4.69, 9.17) is 18.0 Å². The van der Waals surface area contributed by atoms with Crippen molar-refractivity contribution in [2.24, 2.45) is 0 Å². The van der Waals surface area contributed by atoms with Crippen molar-refractivity contribution in [2.75, 3.05) is 32.2 Å². The van der Waals surface area contributed by atoms with Gasteiger partial charge in [-0.1, -0.05) is 0 Å². The van der Waals surface area contributed by atoms with Gasteiger partial charge in [-0.05, 0) is 40.0 Å². The molecule has 1 saturated heterocycles. The molecule has 0 aromatic carbocycles. The third-order valence-electron chi connectivity index (χ3n) is 3.29. The molecule has 8 heteroatoms. The number of hydrogen-bond donors (Lipinski definition) is 0. The number of rotatable bonds is 11. The van der Waals surface area contributed by atoms with E-state index in [1.54, 1.807) is 0 Å². The van der Waals surface area contributed by atoms with Gasteiger partial charge < -0.3 is 18.0 Å². The van der Waals surface area contributed by atoms with E-state index in [1.165, 1.54) is 0 Å². The fraction of sp³-hybridized carbons (Fsp3) is 1.00. The molecule has 6 nitrogen and oxygen atoms in total. The zero-order valence-corrected chi connectivity index (χ0v) is 15.1. The lowest BCUT2D eigenvalue weighted by Gasteiger charge is -2.28. The molecule has 1 atom stereocenters. The van der Waals surface area contributed by atoms with Gasteiger partial charge in [-0.2, -0.15) is 0 Å². The lowest BCUT2D eigenvalue weighted by Crippen LogP contribution is -2.46. The van der Waals surface area contributed by atoms with E-state index in [0.717, 1.165) is 0 Å². The highest BCUT2D eigenvalue weighted by Gasteiger charge is 2.40. The molecule has 1 aliphatic heterocycles. The van der Waals surface area contributed by atoms with E-state index in [0.29, 0.717) is 51.7 Å². The Bertz CT molecular complexity index is 369. The SMILES string of the molecule is CCO[Si](CCCOC1CCCS1(=O)=O)(OCC)OCC. The molecule has 126 valence electrons. The van der Waals surface area contributed by atoms with Gasteiger partial charge in [-0.15, -0.1) is 0 Å². The summed E-state index contributed by atoms with van der Waals surface area (Å²) in [6, 6.07) is 0.648. The van der Waals surface area contributed by atoms with Crippen LogP contribution in [-0.2, 0) is 27.9 Å². The summed E-state index contributed by atoms with van der Waals surface area (Å²) in [7, 11) is -5.68. The highest BCUT2D eigenvalue weighted by Crippen LogP contribution is 2.23. The molecule has 0 bridgehead atoms. The molecule has 0 amide bonds. The maximum absolute atomic E-state index is 11.7. The van der Waals surface area contributed by atoms with Crippen molar-refractivity contribution < 1.29 is 26.4 Å². The van der Waals surface area contributed by atoms with Crippen LogP contribution in [0.5, 0.6) is 0 Å². The highest BCUT2D eigenvalue weighted by molar-refractivity contribution is 7.92. The second-order valence-corrected chi connectivity index (χ2v) is 9.89. The molecule has 0 aliphatic carbocycles. The topological polar surface area (TPSA) is 71.1 Å². The van der Waals surface area contributed by atoms with Gasteiger partial charge in [0.1, 0.15) is 0 Å². The van der Waals surface area contributed by atoms with Crippen LogP contribution in [0.3, 0.4) is 0 Å². The molecule has 1 fully saturated rings. The molecule has 0 radical (unpaired) electrons. The third kappa shape index (κ3) is 5.95. The van der Waals surface area contributed by atoms with E-state index in [-0.39, 0.29) is 5.75 Å². The fourth-order valence-corrected chi connectivity index (χ4v) is 6.70. The van der Waals surface area contributed by atoms with E-state index < -0.39 is 24.1 Å². The average Bonchev–Trinajstić information content (AvgIpc) is 2.75. The smallest absolute Gasteiger partial charge is 0.374 e. The van der Waals surface area contributed by atoms with Crippen molar-refractivity contribution in [3.05, 3.63) is 0 Å². The molecule has 0 aromatic rings. The quantitative estimate of drug-likeness (QED) is 0.423. The Balaban J connectivity index is 2.42. The second kappa shape index (κ2) is 9.21. The third-order valence-corrected chi connectivity index (χ3v) is 8.48. The van der Waals surface area contributed by atoms with Crippen molar-refractivity contribution in [3.63, 3.8) is 0 Å². The van der Waals surface area contributed by atoms with Crippen LogP contribution in [0.2, 0.25) is 6.04 Å². The van der Waals surface area contributed by atoms with Gasteiger partial charge in [0.2, 0.25) is 0 Å². The molecule has 0 saturated carbocycles. The molecule has 0 N–H and O–H groups in total. The Morgan fingerprint density at radius 3 is 2.05 bits per heavy atom. The summed E-state index contributed by atoms with van der Waals surface area (Å²) in [4.78, 5) is 0. The summed E-state index contributed by atoms with van der Waals surface area (Å²) < 4.78 is 46.1. The van der Waals surface area contributed by atoms with Gasteiger partial charge in [-0.25, -0.2) is 8.42 Å². The number of hydrogen-bond acceptors (Lipinski definition) is 6. The number of sulfone groups is 1. The molecule has 1 aliphatic rings. The summed E-state index contributed by atoms with van der Waals surface area (Å²) in [5.74, 6) is 0.243. The van der Waals surface area contributed by atoms with Crippen LogP contribution in [0.15, 0.2) is 0 Å². The Hall–Kier alpha value is 0.00688. The Morgan fingerprint density at radius 2 is 1.62 bits per heavy atom. The fourth-order valence-electron chi connectivity index (χ4n) is 2.45. The minimum absolute atomic E-state index is 0.243. The van der Waals surface area contributed by atoms with Crippen LogP contribution < -0.4 is 0 Å². The van der Waals surface area contributed by atoms with E-state index in [9.17, 15) is 8.42 Å². The summed E-state index contributed by atoms with van der Waals surface area (Å²) in [5, 5.41) is 0. The van der Waals surface area contributed by atoms with Crippen LogP contribution in [0.1, 0.15) is 40.0 Å². The molecule has 1 unspecified atom stereocenters. The second-order valence-electron chi connectivity index (χ2n) is 4.90. The van der Waals surface area contributed by atoms with Crippen molar-refractivity contribution in [1.82, 2.24) is 0 Å². The first-order chi connectivity index (χ1) is 9.99. The lowest BCUT2D eigenvalue weighted by atomic mass is 10.4. The molecule has 0 aromatic heterocycles. The van der Waals surface area contributed by atoms with Gasteiger partial charge in [0.15, 0.2) is 15.3 Å². The van der Waals surface area contributed by atoms with Gasteiger partial charge >= 0.3 is 8.80 Å². The zero-order chi connectivity index (χ0) is 15.8. The molecule has 0 spiro atoms. The average molecular weight is 341 g/mol. The van der Waals surface area contributed by atoms with Crippen LogP contribution >= 0.6 is 0 Å². The first-order valence-corrected chi connectivity index (χ1v) is 11.4. The summed E-state index contributed by atoms with van der Waals surface area (Å²) in [6.45, 7) is 7.79. The monoisotopic (exact) mass is 340 g/mol. The van der Waals surface area contributed by atoms with Gasteiger partial charge in [0.25, 0.3) is 0 Å². The maximum Gasteiger partial charge on any atom is 0.501 e. The van der Waals surface area contributed by atoms with Gasteiger partial charge in [0.05, 0.1) is 5.75 Å². The van der Waals surface area contributed by atoms with E-state index >= 15 is 0 Å². The number of ether oxygens (including phenoxy) is 1. The first-order valence-electron chi connectivity index (χ1n) is 7.74. The van der Waals surface area contributed by atoms with Crippen molar-refractivity contribution >= 4 is 18.6 Å². The van der Waals surface area contributed by atoms with E-state index in [2.05, 4.69) is 0 Å². The van der Waals surface area contributed by atoms with Crippen molar-refractivity contribution in [1.29, 1.82) is 0 Å². The summed E-state index contributed by atoms with van der Waals surface area (Å²) >= 11 is 0. The van der Waals surface area contributed by atoms with Crippen LogP contribution in [0.25, 0.3) is 0 Å². The summed E-state index contributed by atoms with van der Waals surface area (Å²) in [5.41, 5.74) is -0.625. The van der Waals surface area contributed by atoms with Crippen LogP contribution in [-0.4, -0.2) is 54.8 Å². The molecule has 1 rings (SSSR count). The van der Waals surface area contributed by atoms with Crippen LogP contribution in [0.4, 0.5) is 0 Å².